The van der Waals surface area contributed by atoms with E-state index in [-0.39, 0.29) is 12.2 Å². The fraction of sp³-hybridized carbons (Fsp3) is 0.300. The summed E-state index contributed by atoms with van der Waals surface area (Å²) >= 11 is 1.24. The summed E-state index contributed by atoms with van der Waals surface area (Å²) in [6.45, 7) is 9.97. The van der Waals surface area contributed by atoms with Gasteiger partial charge in [-0.3, -0.25) is 9.36 Å². The van der Waals surface area contributed by atoms with Gasteiger partial charge in [0.05, 0.1) is 49.3 Å². The van der Waals surface area contributed by atoms with Gasteiger partial charge in [0.25, 0.3) is 5.56 Å². The molecule has 3 aromatic rings. The van der Waals surface area contributed by atoms with Gasteiger partial charge in [0.15, 0.2) is 27.8 Å². The molecule has 40 heavy (non-hydrogen) atoms. The summed E-state index contributed by atoms with van der Waals surface area (Å²) in [6, 6.07) is 10.0. The Labute approximate surface area is 236 Å². The molecule has 1 aromatic heterocycles. The summed E-state index contributed by atoms with van der Waals surface area (Å²) in [6.07, 6.45) is 3.42. The Morgan fingerprint density at radius 1 is 1.02 bits per heavy atom. The number of aromatic nitrogens is 1. The minimum atomic E-state index is -0.772. The normalized spacial score (nSPS) is 14.7. The maximum Gasteiger partial charge on any atom is 0.338 e. The van der Waals surface area contributed by atoms with E-state index in [1.54, 1.807) is 64.5 Å². The first kappa shape index (κ1) is 28.7. The van der Waals surface area contributed by atoms with E-state index in [1.807, 2.05) is 19.1 Å². The fourth-order valence-corrected chi connectivity index (χ4v) is 5.48. The van der Waals surface area contributed by atoms with Crippen LogP contribution in [0, 0.1) is 0 Å². The summed E-state index contributed by atoms with van der Waals surface area (Å²) < 4.78 is 29.7. The van der Waals surface area contributed by atoms with Crippen LogP contribution in [-0.2, 0) is 9.53 Å². The first-order valence-electron chi connectivity index (χ1n) is 12.8. The van der Waals surface area contributed by atoms with E-state index in [1.165, 1.54) is 15.9 Å². The summed E-state index contributed by atoms with van der Waals surface area (Å²) in [5, 5.41) is 0. The molecule has 9 nitrogen and oxygen atoms in total. The Bertz CT molecular complexity index is 1630. The predicted molar refractivity (Wildman–Crippen MR) is 153 cm³/mol. The van der Waals surface area contributed by atoms with Crippen molar-refractivity contribution < 1.29 is 28.5 Å². The highest BCUT2D eigenvalue weighted by Gasteiger charge is 2.34. The van der Waals surface area contributed by atoms with Crippen LogP contribution in [0.25, 0.3) is 6.08 Å². The van der Waals surface area contributed by atoms with Crippen LogP contribution >= 0.6 is 11.3 Å². The van der Waals surface area contributed by atoms with Gasteiger partial charge in [-0.15, -0.1) is 0 Å². The lowest BCUT2D eigenvalue weighted by Gasteiger charge is -2.25. The number of carbonyl (C=O) groups excluding carboxylic acids is 1. The van der Waals surface area contributed by atoms with Crippen molar-refractivity contribution in [2.24, 2.45) is 4.99 Å². The zero-order chi connectivity index (χ0) is 28.8. The molecule has 0 amide bonds. The molecule has 0 N–H and O–H groups in total. The fourth-order valence-electron chi connectivity index (χ4n) is 4.43. The van der Waals surface area contributed by atoms with Crippen LogP contribution in [0.3, 0.4) is 0 Å². The number of nitrogens with zero attached hydrogens (tertiary/aromatic N) is 2. The molecule has 2 heterocycles. The maximum absolute atomic E-state index is 13.9. The molecule has 0 saturated carbocycles. The molecule has 1 unspecified atom stereocenters. The summed E-state index contributed by atoms with van der Waals surface area (Å²) in [5.41, 5.74) is 1.89. The van der Waals surface area contributed by atoms with Gasteiger partial charge in [-0.05, 0) is 62.2 Å². The molecule has 1 aliphatic rings. The van der Waals surface area contributed by atoms with Gasteiger partial charge in [-0.2, -0.15) is 0 Å². The van der Waals surface area contributed by atoms with Crippen molar-refractivity contribution in [2.45, 2.75) is 26.8 Å². The summed E-state index contributed by atoms with van der Waals surface area (Å²) in [5.74, 6) is 1.62. The number of allylic oxidation sites excluding steroid dienone is 1. The summed E-state index contributed by atoms with van der Waals surface area (Å²) in [4.78, 5) is 32.2. The van der Waals surface area contributed by atoms with Crippen LogP contribution in [0.15, 0.2) is 70.1 Å². The van der Waals surface area contributed by atoms with E-state index >= 15 is 0 Å². The van der Waals surface area contributed by atoms with Gasteiger partial charge >= 0.3 is 5.97 Å². The average Bonchev–Trinajstić information content (AvgIpc) is 3.25. The Balaban J connectivity index is 1.90. The zero-order valence-electron chi connectivity index (χ0n) is 23.2. The minimum absolute atomic E-state index is 0.188. The molecule has 1 aliphatic heterocycles. The van der Waals surface area contributed by atoms with E-state index in [0.29, 0.717) is 62.4 Å². The van der Waals surface area contributed by atoms with Gasteiger partial charge in [-0.1, -0.05) is 36.1 Å². The molecule has 2 aromatic carbocycles. The van der Waals surface area contributed by atoms with Crippen molar-refractivity contribution in [3.8, 4) is 23.0 Å². The van der Waals surface area contributed by atoms with Gasteiger partial charge in [0.2, 0.25) is 0 Å². The molecule has 1 atom stereocenters. The average molecular weight is 565 g/mol. The Kier molecular flexibility index (Phi) is 9.11. The van der Waals surface area contributed by atoms with Gasteiger partial charge in [0.1, 0.15) is 6.61 Å². The third kappa shape index (κ3) is 5.67. The second kappa shape index (κ2) is 12.7. The molecule has 0 fully saturated rings. The predicted octanol–water partition coefficient (Wildman–Crippen LogP) is 3.78. The number of thiazole rings is 1. The van der Waals surface area contributed by atoms with E-state index in [0.717, 1.165) is 5.56 Å². The second-order valence-electron chi connectivity index (χ2n) is 8.66. The highest BCUT2D eigenvalue weighted by atomic mass is 32.1. The number of hydrogen-bond donors (Lipinski definition) is 0. The lowest BCUT2D eigenvalue weighted by Crippen LogP contribution is -2.40. The highest BCUT2D eigenvalue weighted by molar-refractivity contribution is 7.07. The quantitative estimate of drug-likeness (QED) is 0.258. The van der Waals surface area contributed by atoms with Crippen LogP contribution in [0.1, 0.15) is 37.9 Å². The molecule has 0 spiro atoms. The SMILES string of the molecule is C=CCOc1ccc(/C=c2\sc3n(c2=O)C(c2ccc(OC)c(OCC)c2)C(C(=O)OCC)=C(C)N=3)cc1OC. The highest BCUT2D eigenvalue weighted by Crippen LogP contribution is 2.36. The number of ether oxygens (including phenoxy) is 5. The minimum Gasteiger partial charge on any atom is -0.493 e. The molecule has 0 bridgehead atoms. The Hall–Kier alpha value is -4.31. The second-order valence-corrected chi connectivity index (χ2v) is 9.66. The monoisotopic (exact) mass is 564 g/mol. The smallest absolute Gasteiger partial charge is 0.338 e. The zero-order valence-corrected chi connectivity index (χ0v) is 24.0. The molecule has 0 radical (unpaired) electrons. The number of fused-ring (bicyclic) bond motifs is 1. The standard InChI is InChI=1S/C30H32N2O7S/c1-7-14-39-22-12-10-19(15-23(22)36-6)16-25-28(33)32-27(20-11-13-21(35-5)24(17-20)37-8-2)26(29(34)38-9-3)18(4)31-30(32)40-25/h7,10-13,15-17,27H,1,8-9,14H2,2-6H3/b25-16-. The lowest BCUT2D eigenvalue weighted by molar-refractivity contribution is -0.139. The topological polar surface area (TPSA) is 97.6 Å². The molecule has 0 saturated heterocycles. The van der Waals surface area contributed by atoms with Crippen molar-refractivity contribution in [1.82, 2.24) is 4.57 Å². The number of rotatable bonds is 11. The van der Waals surface area contributed by atoms with Gasteiger partial charge in [-0.25, -0.2) is 9.79 Å². The van der Waals surface area contributed by atoms with Crippen molar-refractivity contribution in [3.63, 3.8) is 0 Å². The van der Waals surface area contributed by atoms with Crippen molar-refractivity contribution in [3.05, 3.63) is 91.1 Å². The molecular formula is C30H32N2O7S. The van der Waals surface area contributed by atoms with Crippen molar-refractivity contribution in [1.29, 1.82) is 0 Å². The molecule has 210 valence electrons. The van der Waals surface area contributed by atoms with Crippen LogP contribution in [-0.4, -0.2) is 44.6 Å². The molecular weight excluding hydrogens is 532 g/mol. The first-order chi connectivity index (χ1) is 19.4. The lowest BCUT2D eigenvalue weighted by atomic mass is 9.95. The third-order valence-corrected chi connectivity index (χ3v) is 7.15. The molecule has 4 rings (SSSR count). The van der Waals surface area contributed by atoms with Crippen LogP contribution < -0.4 is 33.8 Å². The van der Waals surface area contributed by atoms with Crippen LogP contribution in [0.5, 0.6) is 23.0 Å². The number of esters is 1. The van der Waals surface area contributed by atoms with E-state index in [2.05, 4.69) is 11.6 Å². The maximum atomic E-state index is 13.9. The van der Waals surface area contributed by atoms with Gasteiger partial charge in [0, 0.05) is 0 Å². The Morgan fingerprint density at radius 3 is 2.45 bits per heavy atom. The van der Waals surface area contributed by atoms with Crippen molar-refractivity contribution in [2.75, 3.05) is 34.0 Å². The number of carbonyl (C=O) groups is 1. The number of hydrogen-bond acceptors (Lipinski definition) is 9. The molecule has 0 aliphatic carbocycles. The third-order valence-electron chi connectivity index (χ3n) is 6.16. The Morgan fingerprint density at radius 2 is 1.77 bits per heavy atom. The molecule has 10 heteroatoms. The van der Waals surface area contributed by atoms with E-state index < -0.39 is 12.0 Å². The van der Waals surface area contributed by atoms with Crippen LogP contribution in [0.4, 0.5) is 0 Å². The van der Waals surface area contributed by atoms with E-state index in [9.17, 15) is 9.59 Å². The number of methoxy groups -OCH3 is 2. The van der Waals surface area contributed by atoms with Crippen molar-refractivity contribution >= 4 is 23.4 Å². The summed E-state index contributed by atoms with van der Waals surface area (Å²) in [7, 11) is 3.11. The largest absolute Gasteiger partial charge is 0.493 e. The first-order valence-corrected chi connectivity index (χ1v) is 13.6. The van der Waals surface area contributed by atoms with Crippen LogP contribution in [0.2, 0.25) is 0 Å². The van der Waals surface area contributed by atoms with Gasteiger partial charge < -0.3 is 23.7 Å². The number of benzene rings is 2. The van der Waals surface area contributed by atoms with E-state index in [4.69, 9.17) is 23.7 Å².